The minimum absolute atomic E-state index is 0.138. The van der Waals surface area contributed by atoms with Gasteiger partial charge in [-0.05, 0) is 13.0 Å². The molecule has 0 aromatic carbocycles. The summed E-state index contributed by atoms with van der Waals surface area (Å²) in [5, 5.41) is 0. The lowest BCUT2D eigenvalue weighted by Gasteiger charge is -1.96. The smallest absolute Gasteiger partial charge is 0.376 e. The fourth-order valence-electron chi connectivity index (χ4n) is 0.410. The van der Waals surface area contributed by atoms with E-state index in [2.05, 4.69) is 10.5 Å². The first-order valence-electron chi connectivity index (χ1n) is 2.87. The van der Waals surface area contributed by atoms with E-state index in [0.717, 1.165) is 0 Å². The molecule has 0 saturated carbocycles. The monoisotopic (exact) mass is 146 g/mol. The maximum Gasteiger partial charge on any atom is 0.412 e. The zero-order valence-corrected chi connectivity index (χ0v) is 5.50. The minimum atomic E-state index is -1.07. The van der Waals surface area contributed by atoms with Crippen LogP contribution in [0.25, 0.3) is 0 Å². The average Bonchev–Trinajstić information content (AvgIpc) is 1.82. The van der Waals surface area contributed by atoms with Gasteiger partial charge in [0.15, 0.2) is 0 Å². The van der Waals surface area contributed by atoms with Crippen molar-refractivity contribution in [2.24, 2.45) is 11.5 Å². The second kappa shape index (κ2) is 4.75. The first-order chi connectivity index (χ1) is 4.66. The van der Waals surface area contributed by atoms with E-state index < -0.39 is 12.1 Å². The molecule has 5 heteroatoms. The third-order valence-electron chi connectivity index (χ3n) is 0.799. The number of hydrogen-bond donors (Lipinski definition) is 2. The Morgan fingerprint density at radius 3 is 2.40 bits per heavy atom. The molecule has 10 heavy (non-hydrogen) atoms. The molecule has 0 bridgehead atoms. The van der Waals surface area contributed by atoms with Crippen molar-refractivity contribution in [1.29, 1.82) is 0 Å². The summed E-state index contributed by atoms with van der Waals surface area (Å²) in [6, 6.07) is 0. The third-order valence-corrected chi connectivity index (χ3v) is 0.799. The number of amides is 1. The Hall–Kier alpha value is -1.10. The van der Waals surface area contributed by atoms with Gasteiger partial charge in [0.05, 0.1) is 0 Å². The van der Waals surface area contributed by atoms with Gasteiger partial charge in [-0.1, -0.05) is 0 Å². The Morgan fingerprint density at radius 2 is 2.00 bits per heavy atom. The summed E-state index contributed by atoms with van der Waals surface area (Å²) in [5.41, 5.74) is 9.64. The zero-order valence-electron chi connectivity index (χ0n) is 5.50. The molecule has 0 heterocycles. The van der Waals surface area contributed by atoms with Gasteiger partial charge in [0.1, 0.15) is 0 Å². The number of nitrogens with two attached hydrogens (primary N) is 2. The number of ether oxygens (including phenoxy) is 1. The van der Waals surface area contributed by atoms with E-state index in [1.54, 1.807) is 0 Å². The first kappa shape index (κ1) is 8.90. The van der Waals surface area contributed by atoms with Crippen LogP contribution in [0.5, 0.6) is 0 Å². The van der Waals surface area contributed by atoms with Crippen LogP contribution in [0.2, 0.25) is 0 Å². The number of hydrogen-bond acceptors (Lipinski definition) is 4. The normalized spacial score (nSPS) is 8.90. The second-order valence-corrected chi connectivity index (χ2v) is 1.69. The van der Waals surface area contributed by atoms with Gasteiger partial charge in [0.25, 0.3) is 0 Å². The quantitative estimate of drug-likeness (QED) is 0.408. The summed E-state index contributed by atoms with van der Waals surface area (Å²) < 4.78 is 4.00. The Morgan fingerprint density at radius 1 is 1.40 bits per heavy atom. The van der Waals surface area contributed by atoms with Crippen LogP contribution in [0, 0.1) is 0 Å². The first-order valence-corrected chi connectivity index (χ1v) is 2.87. The number of rotatable bonds is 3. The largest absolute Gasteiger partial charge is 0.412 e. The van der Waals surface area contributed by atoms with Crippen molar-refractivity contribution in [2.45, 2.75) is 12.8 Å². The van der Waals surface area contributed by atoms with Gasteiger partial charge >= 0.3 is 12.1 Å². The fourth-order valence-corrected chi connectivity index (χ4v) is 0.410. The summed E-state index contributed by atoms with van der Waals surface area (Å²) in [4.78, 5) is 20.4. The van der Waals surface area contributed by atoms with Crippen molar-refractivity contribution in [1.82, 2.24) is 0 Å². The molecule has 4 N–H and O–H groups in total. The summed E-state index contributed by atoms with van der Waals surface area (Å²) in [6.07, 6.45) is -0.423. The van der Waals surface area contributed by atoms with E-state index in [9.17, 15) is 9.59 Å². The Bertz CT molecular complexity index is 135. The molecule has 0 atom stereocenters. The van der Waals surface area contributed by atoms with Crippen LogP contribution in [0.4, 0.5) is 4.79 Å². The molecule has 0 aromatic rings. The minimum Gasteiger partial charge on any atom is -0.376 e. The topological polar surface area (TPSA) is 95.4 Å². The molecule has 0 rings (SSSR count). The lowest BCUT2D eigenvalue weighted by Crippen LogP contribution is -2.18. The summed E-state index contributed by atoms with van der Waals surface area (Å²) in [5.74, 6) is -0.627. The van der Waals surface area contributed by atoms with Gasteiger partial charge in [-0.2, -0.15) is 0 Å². The summed E-state index contributed by atoms with van der Waals surface area (Å²) in [7, 11) is 0. The molecular weight excluding hydrogens is 136 g/mol. The number of carbonyl (C=O) groups excluding carboxylic acids is 2. The van der Waals surface area contributed by atoms with Crippen LogP contribution in [0.15, 0.2) is 0 Å². The predicted octanol–water partition coefficient (Wildman–Crippen LogP) is -0.653. The highest BCUT2D eigenvalue weighted by Gasteiger charge is 2.04. The molecule has 0 fully saturated rings. The predicted molar refractivity (Wildman–Crippen MR) is 34.0 cm³/mol. The lowest BCUT2D eigenvalue weighted by molar-refractivity contribution is -0.137. The Labute approximate surface area is 58.3 Å². The molecule has 0 aliphatic heterocycles. The van der Waals surface area contributed by atoms with E-state index in [0.29, 0.717) is 13.0 Å². The van der Waals surface area contributed by atoms with Gasteiger partial charge in [-0.25, -0.2) is 4.79 Å². The van der Waals surface area contributed by atoms with E-state index in [1.807, 2.05) is 0 Å². The molecule has 1 amide bonds. The van der Waals surface area contributed by atoms with Crippen LogP contribution in [-0.2, 0) is 9.53 Å². The van der Waals surface area contributed by atoms with Crippen LogP contribution in [0.3, 0.4) is 0 Å². The van der Waals surface area contributed by atoms with E-state index in [4.69, 9.17) is 5.73 Å². The van der Waals surface area contributed by atoms with Crippen molar-refractivity contribution in [3.63, 3.8) is 0 Å². The number of primary amides is 1. The molecular formula is C5H10N2O3. The lowest BCUT2D eigenvalue weighted by atomic mass is 10.3. The van der Waals surface area contributed by atoms with Crippen molar-refractivity contribution in [2.75, 3.05) is 6.54 Å². The molecule has 0 radical (unpaired) electrons. The fraction of sp³-hybridized carbons (Fsp3) is 0.600. The van der Waals surface area contributed by atoms with Crippen molar-refractivity contribution >= 4 is 12.1 Å². The van der Waals surface area contributed by atoms with E-state index >= 15 is 0 Å². The maximum absolute atomic E-state index is 10.4. The molecule has 0 saturated heterocycles. The van der Waals surface area contributed by atoms with Crippen molar-refractivity contribution in [3.05, 3.63) is 0 Å². The molecule has 0 aliphatic rings. The van der Waals surface area contributed by atoms with Gasteiger partial charge in [-0.15, -0.1) is 0 Å². The second-order valence-electron chi connectivity index (χ2n) is 1.69. The average molecular weight is 146 g/mol. The zero-order chi connectivity index (χ0) is 7.98. The van der Waals surface area contributed by atoms with Crippen LogP contribution < -0.4 is 11.5 Å². The molecule has 0 aliphatic carbocycles. The van der Waals surface area contributed by atoms with Crippen LogP contribution in [0.1, 0.15) is 12.8 Å². The number of esters is 1. The molecule has 0 aromatic heterocycles. The van der Waals surface area contributed by atoms with Crippen LogP contribution >= 0.6 is 0 Å². The summed E-state index contributed by atoms with van der Waals surface area (Å²) in [6.45, 7) is 0.397. The standard InChI is InChI=1S/C5H10N2O3/c6-3-1-2-4(8)10-5(7)9/h1-3,6H2,(H2,7,9). The molecule has 5 nitrogen and oxygen atoms in total. The highest BCUT2D eigenvalue weighted by molar-refractivity contribution is 5.83. The Kier molecular flexibility index (Phi) is 4.23. The molecule has 0 unspecified atom stereocenters. The molecule has 58 valence electrons. The third kappa shape index (κ3) is 5.04. The van der Waals surface area contributed by atoms with E-state index in [1.165, 1.54) is 0 Å². The maximum atomic E-state index is 10.4. The highest BCUT2D eigenvalue weighted by atomic mass is 16.6. The molecule has 0 spiro atoms. The summed E-state index contributed by atoms with van der Waals surface area (Å²) >= 11 is 0. The number of carbonyl (C=O) groups is 2. The SMILES string of the molecule is NCCCC(=O)OC(N)=O. The highest BCUT2D eigenvalue weighted by Crippen LogP contribution is 1.89. The van der Waals surface area contributed by atoms with Crippen LogP contribution in [-0.4, -0.2) is 18.6 Å². The van der Waals surface area contributed by atoms with Gasteiger partial charge in [-0.3, -0.25) is 4.79 Å². The van der Waals surface area contributed by atoms with Gasteiger partial charge < -0.3 is 16.2 Å². The van der Waals surface area contributed by atoms with Gasteiger partial charge in [0, 0.05) is 6.42 Å². The van der Waals surface area contributed by atoms with Crippen molar-refractivity contribution in [3.8, 4) is 0 Å². The van der Waals surface area contributed by atoms with Gasteiger partial charge in [0.2, 0.25) is 0 Å². The van der Waals surface area contributed by atoms with Crippen molar-refractivity contribution < 1.29 is 14.3 Å². The Balaban J connectivity index is 3.35. The van der Waals surface area contributed by atoms with E-state index in [-0.39, 0.29) is 6.42 Å².